The minimum Gasteiger partial charge on any atom is -0.465 e. The molecule has 1 aliphatic rings. The largest absolute Gasteiger partial charge is 0.465 e. The molecule has 0 fully saturated rings. The van der Waals surface area contributed by atoms with Crippen molar-refractivity contribution in [1.82, 2.24) is 14.3 Å². The minimum atomic E-state index is -3.55. The molecule has 0 unspecified atom stereocenters. The SMILES string of the molecule is COC(=O)c1ccc2nc(-c3ccc(C)cc3)c(N3CCCc4cc(S(=O)(=O)N(C)C)ccc43)nc2c1. The van der Waals surface area contributed by atoms with Gasteiger partial charge in [0, 0.05) is 31.9 Å². The summed E-state index contributed by atoms with van der Waals surface area (Å²) in [4.78, 5) is 24.5. The first-order valence-electron chi connectivity index (χ1n) is 12.0. The van der Waals surface area contributed by atoms with Crippen LogP contribution in [0.1, 0.15) is 27.9 Å². The van der Waals surface area contributed by atoms with Crippen LogP contribution in [0.5, 0.6) is 0 Å². The van der Waals surface area contributed by atoms with E-state index < -0.39 is 16.0 Å². The maximum absolute atomic E-state index is 12.7. The van der Waals surface area contributed by atoms with Gasteiger partial charge in [-0.1, -0.05) is 29.8 Å². The molecule has 0 saturated carbocycles. The summed E-state index contributed by atoms with van der Waals surface area (Å²) in [6, 6.07) is 18.5. The molecule has 8 nitrogen and oxygen atoms in total. The lowest BCUT2D eigenvalue weighted by molar-refractivity contribution is 0.0601. The van der Waals surface area contributed by atoms with E-state index in [0.29, 0.717) is 29.0 Å². The van der Waals surface area contributed by atoms with E-state index in [1.54, 1.807) is 30.3 Å². The van der Waals surface area contributed by atoms with E-state index in [4.69, 9.17) is 14.7 Å². The quantitative estimate of drug-likeness (QED) is 0.354. The average Bonchev–Trinajstić information content (AvgIpc) is 2.91. The number of rotatable bonds is 5. The van der Waals surface area contributed by atoms with E-state index in [0.717, 1.165) is 40.9 Å². The molecule has 0 aliphatic carbocycles. The average molecular weight is 517 g/mol. The summed E-state index contributed by atoms with van der Waals surface area (Å²) in [6.45, 7) is 2.73. The molecule has 5 rings (SSSR count). The number of anilines is 2. The van der Waals surface area contributed by atoms with Gasteiger partial charge in [0.25, 0.3) is 0 Å². The summed E-state index contributed by atoms with van der Waals surface area (Å²) < 4.78 is 31.6. The van der Waals surface area contributed by atoms with Gasteiger partial charge in [-0.3, -0.25) is 0 Å². The van der Waals surface area contributed by atoms with E-state index in [-0.39, 0.29) is 4.90 Å². The fourth-order valence-corrected chi connectivity index (χ4v) is 5.50. The lowest BCUT2D eigenvalue weighted by atomic mass is 10.0. The molecule has 0 saturated heterocycles. The molecule has 0 N–H and O–H groups in total. The van der Waals surface area contributed by atoms with Gasteiger partial charge in [0.2, 0.25) is 10.0 Å². The van der Waals surface area contributed by atoms with Gasteiger partial charge >= 0.3 is 5.97 Å². The summed E-state index contributed by atoms with van der Waals surface area (Å²) in [7, 11) is 0.858. The Balaban J connectivity index is 1.70. The van der Waals surface area contributed by atoms with Gasteiger partial charge in [-0.25, -0.2) is 27.5 Å². The third-order valence-corrected chi connectivity index (χ3v) is 8.41. The molecule has 0 amide bonds. The first-order chi connectivity index (χ1) is 17.7. The second-order valence-electron chi connectivity index (χ2n) is 9.29. The molecule has 190 valence electrons. The number of nitrogens with zero attached hydrogens (tertiary/aromatic N) is 4. The van der Waals surface area contributed by atoms with Crippen LogP contribution in [0.2, 0.25) is 0 Å². The fraction of sp³-hybridized carbons (Fsp3) is 0.250. The number of aromatic nitrogens is 2. The zero-order valence-corrected chi connectivity index (χ0v) is 22.0. The summed E-state index contributed by atoms with van der Waals surface area (Å²) >= 11 is 0. The van der Waals surface area contributed by atoms with Crippen molar-refractivity contribution >= 4 is 38.5 Å². The van der Waals surface area contributed by atoms with E-state index in [2.05, 4.69) is 4.90 Å². The summed E-state index contributed by atoms with van der Waals surface area (Å²) in [5, 5.41) is 0. The molecule has 0 atom stereocenters. The van der Waals surface area contributed by atoms with Crippen LogP contribution in [0.4, 0.5) is 11.5 Å². The van der Waals surface area contributed by atoms with Crippen molar-refractivity contribution in [2.45, 2.75) is 24.7 Å². The number of hydrogen-bond acceptors (Lipinski definition) is 7. The molecule has 0 spiro atoms. The smallest absolute Gasteiger partial charge is 0.337 e. The van der Waals surface area contributed by atoms with Crippen LogP contribution in [0.25, 0.3) is 22.3 Å². The molecule has 1 aromatic heterocycles. The minimum absolute atomic E-state index is 0.268. The van der Waals surface area contributed by atoms with Crippen LogP contribution in [0.3, 0.4) is 0 Å². The standard InChI is InChI=1S/C28H28N4O4S/c1-18-7-9-19(10-8-18)26-27(30-24-17-21(28(33)36-4)11-13-23(24)29-26)32-15-5-6-20-16-22(12-14-25(20)32)37(34,35)31(2)3/h7-14,16-17H,5-6,15H2,1-4H3. The lowest BCUT2D eigenvalue weighted by Gasteiger charge is -2.32. The van der Waals surface area contributed by atoms with E-state index in [1.807, 2.05) is 37.3 Å². The predicted octanol–water partition coefficient (Wildman–Crippen LogP) is 4.73. The molecule has 0 radical (unpaired) electrons. The Morgan fingerprint density at radius 3 is 2.43 bits per heavy atom. The van der Waals surface area contributed by atoms with Crippen LogP contribution < -0.4 is 4.90 Å². The highest BCUT2D eigenvalue weighted by Gasteiger charge is 2.26. The first kappa shape index (κ1) is 24.9. The summed E-state index contributed by atoms with van der Waals surface area (Å²) in [5.74, 6) is 0.216. The van der Waals surface area contributed by atoms with E-state index in [1.165, 1.54) is 25.5 Å². The number of ether oxygens (including phenoxy) is 1. The Hall–Kier alpha value is -3.82. The van der Waals surface area contributed by atoms with Gasteiger partial charge < -0.3 is 9.64 Å². The number of aryl methyl sites for hydroxylation is 2. The van der Waals surface area contributed by atoms with Crippen molar-refractivity contribution in [3.8, 4) is 11.3 Å². The molecular formula is C28H28N4O4S. The Morgan fingerprint density at radius 2 is 1.73 bits per heavy atom. The Labute approximate surface area is 216 Å². The van der Waals surface area contributed by atoms with Crippen LogP contribution in [-0.2, 0) is 21.2 Å². The number of hydrogen-bond donors (Lipinski definition) is 0. The van der Waals surface area contributed by atoms with Crippen molar-refractivity contribution in [3.05, 3.63) is 77.4 Å². The van der Waals surface area contributed by atoms with Crippen molar-refractivity contribution in [1.29, 1.82) is 0 Å². The zero-order chi connectivity index (χ0) is 26.3. The van der Waals surface area contributed by atoms with Crippen LogP contribution in [0.15, 0.2) is 65.6 Å². The number of esters is 1. The van der Waals surface area contributed by atoms with Crippen LogP contribution >= 0.6 is 0 Å². The van der Waals surface area contributed by atoms with E-state index in [9.17, 15) is 13.2 Å². The topological polar surface area (TPSA) is 92.7 Å². The van der Waals surface area contributed by atoms with Crippen LogP contribution in [-0.4, -0.2) is 56.4 Å². The summed E-state index contributed by atoms with van der Waals surface area (Å²) in [5.41, 5.74) is 6.26. The van der Waals surface area contributed by atoms with Gasteiger partial charge in [-0.05, 0) is 61.7 Å². The molecule has 1 aliphatic heterocycles. The number of carbonyl (C=O) groups excluding carboxylic acids is 1. The lowest BCUT2D eigenvalue weighted by Crippen LogP contribution is -2.27. The van der Waals surface area contributed by atoms with Crippen molar-refractivity contribution < 1.29 is 17.9 Å². The number of methoxy groups -OCH3 is 1. The number of benzene rings is 3. The van der Waals surface area contributed by atoms with Gasteiger partial charge in [0.1, 0.15) is 5.69 Å². The molecule has 9 heteroatoms. The predicted molar refractivity (Wildman–Crippen MR) is 144 cm³/mol. The van der Waals surface area contributed by atoms with E-state index >= 15 is 0 Å². The maximum Gasteiger partial charge on any atom is 0.337 e. The van der Waals surface area contributed by atoms with Crippen LogP contribution in [0, 0.1) is 6.92 Å². The van der Waals surface area contributed by atoms with Gasteiger partial charge in [0.15, 0.2) is 5.82 Å². The zero-order valence-electron chi connectivity index (χ0n) is 21.2. The Kier molecular flexibility index (Phi) is 6.43. The Morgan fingerprint density at radius 1 is 0.973 bits per heavy atom. The third-order valence-electron chi connectivity index (χ3n) is 6.60. The number of carbonyl (C=O) groups is 1. The third kappa shape index (κ3) is 4.56. The van der Waals surface area contributed by atoms with Gasteiger partial charge in [0.05, 0.1) is 28.6 Å². The highest BCUT2D eigenvalue weighted by atomic mass is 32.2. The highest BCUT2D eigenvalue weighted by molar-refractivity contribution is 7.89. The molecule has 3 aromatic carbocycles. The molecule has 0 bridgehead atoms. The molecule has 4 aromatic rings. The second-order valence-corrected chi connectivity index (χ2v) is 11.4. The first-order valence-corrected chi connectivity index (χ1v) is 13.4. The number of sulfonamides is 1. The molecule has 2 heterocycles. The van der Waals surface area contributed by atoms with Gasteiger partial charge in [-0.2, -0.15) is 0 Å². The molecular weight excluding hydrogens is 488 g/mol. The van der Waals surface area contributed by atoms with Crippen molar-refractivity contribution in [3.63, 3.8) is 0 Å². The van der Waals surface area contributed by atoms with Crippen molar-refractivity contribution in [2.75, 3.05) is 32.6 Å². The second kappa shape index (κ2) is 9.57. The van der Waals surface area contributed by atoms with Crippen molar-refractivity contribution in [2.24, 2.45) is 0 Å². The molecule has 37 heavy (non-hydrogen) atoms. The fourth-order valence-electron chi connectivity index (χ4n) is 4.55. The highest BCUT2D eigenvalue weighted by Crippen LogP contribution is 2.39. The van der Waals surface area contributed by atoms with Gasteiger partial charge in [-0.15, -0.1) is 0 Å². The monoisotopic (exact) mass is 516 g/mol. The maximum atomic E-state index is 12.7. The number of fused-ring (bicyclic) bond motifs is 2. The Bertz CT molecular complexity index is 1620. The normalized spacial score (nSPS) is 13.6. The summed E-state index contributed by atoms with van der Waals surface area (Å²) in [6.07, 6.45) is 1.59.